The number of carbonyl (C=O) groups excluding carboxylic acids is 1. The fourth-order valence-electron chi connectivity index (χ4n) is 4.96. The van der Waals surface area contributed by atoms with E-state index in [0.29, 0.717) is 29.1 Å². The van der Waals surface area contributed by atoms with Gasteiger partial charge in [-0.3, -0.25) is 4.79 Å². The second-order valence-electron chi connectivity index (χ2n) is 10.8. The minimum Gasteiger partial charge on any atom is -0.353 e. The number of likely N-dealkylation sites (tertiary alicyclic amines) is 1. The van der Waals surface area contributed by atoms with Crippen LogP contribution in [0.2, 0.25) is 10.0 Å². The summed E-state index contributed by atoms with van der Waals surface area (Å²) in [5.41, 5.74) is 0.840. The summed E-state index contributed by atoms with van der Waals surface area (Å²) in [6, 6.07) is 5.28. The molecule has 6 nitrogen and oxygen atoms in total. The van der Waals surface area contributed by atoms with E-state index in [4.69, 9.17) is 23.2 Å². The number of hydrogen-bond donors (Lipinski definition) is 2. The van der Waals surface area contributed by atoms with Gasteiger partial charge >= 0.3 is 0 Å². The molecule has 0 radical (unpaired) electrons. The standard InChI is InChI=1S/C30H49Cl2N3O3S/c1-2-3-4-5-6-10-24-39(37,38)34-20-11-12-26-17-22-35(23-18-26)21-9-7-8-19-33-30(36)16-14-27-13-15-28(31)29(32)25-27/h13-16,25-26,34H,2-12,17-24H2,1H3,(H,33,36)/b16-14+. The van der Waals surface area contributed by atoms with Crippen molar-refractivity contribution < 1.29 is 13.2 Å². The molecule has 0 unspecified atom stereocenters. The maximum absolute atomic E-state index is 12.2. The molecule has 9 heteroatoms. The van der Waals surface area contributed by atoms with Gasteiger partial charge in [-0.2, -0.15) is 0 Å². The second-order valence-corrected chi connectivity index (χ2v) is 13.5. The quantitative estimate of drug-likeness (QED) is 0.124. The Balaban J connectivity index is 1.44. The molecule has 0 aliphatic carbocycles. The van der Waals surface area contributed by atoms with Gasteiger partial charge in [0.2, 0.25) is 15.9 Å². The molecule has 0 bridgehead atoms. The van der Waals surface area contributed by atoms with E-state index in [0.717, 1.165) is 76.6 Å². The van der Waals surface area contributed by atoms with Crippen molar-refractivity contribution in [2.45, 2.75) is 90.4 Å². The maximum Gasteiger partial charge on any atom is 0.243 e. The van der Waals surface area contributed by atoms with Crippen LogP contribution in [0.4, 0.5) is 0 Å². The Morgan fingerprint density at radius 1 is 0.949 bits per heavy atom. The number of nitrogens with zero attached hydrogens (tertiary/aromatic N) is 1. The first-order valence-electron chi connectivity index (χ1n) is 14.9. The van der Waals surface area contributed by atoms with E-state index in [1.165, 1.54) is 38.2 Å². The van der Waals surface area contributed by atoms with Gasteiger partial charge in [-0.25, -0.2) is 13.1 Å². The number of hydrogen-bond acceptors (Lipinski definition) is 4. The van der Waals surface area contributed by atoms with Gasteiger partial charge in [0.15, 0.2) is 0 Å². The van der Waals surface area contributed by atoms with Crippen molar-refractivity contribution in [3.63, 3.8) is 0 Å². The van der Waals surface area contributed by atoms with Crippen LogP contribution >= 0.6 is 23.2 Å². The lowest BCUT2D eigenvalue weighted by Gasteiger charge is -2.32. The van der Waals surface area contributed by atoms with E-state index in [2.05, 4.69) is 21.9 Å². The van der Waals surface area contributed by atoms with Gasteiger partial charge in [0, 0.05) is 19.2 Å². The maximum atomic E-state index is 12.2. The molecule has 1 saturated heterocycles. The molecule has 0 atom stereocenters. The fraction of sp³-hybridized carbons (Fsp3) is 0.700. The van der Waals surface area contributed by atoms with Crippen LogP contribution < -0.4 is 10.0 Å². The van der Waals surface area contributed by atoms with Crippen molar-refractivity contribution in [3.05, 3.63) is 39.9 Å². The summed E-state index contributed by atoms with van der Waals surface area (Å²) < 4.78 is 27.1. The Hall–Kier alpha value is -1.12. The molecule has 0 saturated carbocycles. The summed E-state index contributed by atoms with van der Waals surface area (Å²) in [4.78, 5) is 14.5. The third-order valence-electron chi connectivity index (χ3n) is 7.41. The number of sulfonamides is 1. The highest BCUT2D eigenvalue weighted by Crippen LogP contribution is 2.23. The number of amides is 1. The lowest BCUT2D eigenvalue weighted by Crippen LogP contribution is -2.35. The predicted octanol–water partition coefficient (Wildman–Crippen LogP) is 7.07. The summed E-state index contributed by atoms with van der Waals surface area (Å²) in [7, 11) is -3.12. The highest BCUT2D eigenvalue weighted by Gasteiger charge is 2.19. The molecule has 2 N–H and O–H groups in total. The number of carbonyl (C=O) groups is 1. The van der Waals surface area contributed by atoms with Crippen LogP contribution in [0.15, 0.2) is 24.3 Å². The number of nitrogens with one attached hydrogen (secondary N) is 2. The van der Waals surface area contributed by atoms with Crippen LogP contribution in [0, 0.1) is 5.92 Å². The molecule has 222 valence electrons. The smallest absolute Gasteiger partial charge is 0.243 e. The van der Waals surface area contributed by atoms with Gasteiger partial charge < -0.3 is 10.2 Å². The third kappa shape index (κ3) is 16.0. The van der Waals surface area contributed by atoms with Crippen molar-refractivity contribution in [2.24, 2.45) is 5.92 Å². The molecule has 1 heterocycles. The van der Waals surface area contributed by atoms with Crippen LogP contribution in [-0.4, -0.2) is 57.7 Å². The molecule has 0 spiro atoms. The predicted molar refractivity (Wildman–Crippen MR) is 166 cm³/mol. The summed E-state index contributed by atoms with van der Waals surface area (Å²) in [5, 5.41) is 3.91. The van der Waals surface area contributed by atoms with E-state index in [9.17, 15) is 13.2 Å². The molecule has 2 rings (SSSR count). The van der Waals surface area contributed by atoms with Crippen LogP contribution in [0.5, 0.6) is 0 Å². The number of piperidine rings is 1. The Labute approximate surface area is 247 Å². The largest absolute Gasteiger partial charge is 0.353 e. The van der Waals surface area contributed by atoms with Gasteiger partial charge in [0.25, 0.3) is 0 Å². The van der Waals surface area contributed by atoms with Gasteiger partial charge in [-0.1, -0.05) is 74.7 Å². The van der Waals surface area contributed by atoms with Gasteiger partial charge in [0.05, 0.1) is 15.8 Å². The lowest BCUT2D eigenvalue weighted by molar-refractivity contribution is -0.116. The fourth-order valence-corrected chi connectivity index (χ4v) is 6.45. The molecule has 1 fully saturated rings. The molecular formula is C30H49Cl2N3O3S. The lowest BCUT2D eigenvalue weighted by atomic mass is 9.92. The van der Waals surface area contributed by atoms with Crippen LogP contribution in [-0.2, 0) is 14.8 Å². The first-order valence-corrected chi connectivity index (χ1v) is 17.3. The summed E-state index contributed by atoms with van der Waals surface area (Å²) >= 11 is 11.9. The Morgan fingerprint density at radius 3 is 2.41 bits per heavy atom. The number of benzene rings is 1. The molecule has 1 aliphatic heterocycles. The van der Waals surface area contributed by atoms with E-state index in [1.807, 2.05) is 6.07 Å². The van der Waals surface area contributed by atoms with Crippen LogP contribution in [0.3, 0.4) is 0 Å². The first-order chi connectivity index (χ1) is 18.8. The van der Waals surface area contributed by atoms with Crippen molar-refractivity contribution in [2.75, 3.05) is 38.5 Å². The number of halogens is 2. The Morgan fingerprint density at radius 2 is 1.67 bits per heavy atom. The SMILES string of the molecule is CCCCCCCCS(=O)(=O)NCCCC1CCN(CCCCCNC(=O)/C=C/c2ccc(Cl)c(Cl)c2)CC1. The molecule has 1 aromatic rings. The summed E-state index contributed by atoms with van der Waals surface area (Å²) in [5.74, 6) is 0.867. The zero-order valence-corrected chi connectivity index (χ0v) is 26.1. The molecule has 0 aromatic heterocycles. The Kier molecular flexibility index (Phi) is 17.4. The minimum atomic E-state index is -3.12. The number of unbranched alkanes of at least 4 members (excludes halogenated alkanes) is 7. The third-order valence-corrected chi connectivity index (χ3v) is 9.62. The van der Waals surface area contributed by atoms with E-state index in [1.54, 1.807) is 18.2 Å². The van der Waals surface area contributed by atoms with Crippen molar-refractivity contribution in [1.82, 2.24) is 14.9 Å². The summed E-state index contributed by atoms with van der Waals surface area (Å²) in [6.45, 7) is 6.80. The first kappa shape index (κ1) is 34.1. The van der Waals surface area contributed by atoms with Crippen molar-refractivity contribution >= 4 is 45.2 Å². The minimum absolute atomic E-state index is 0.103. The summed E-state index contributed by atoms with van der Waals surface area (Å²) in [6.07, 6.45) is 17.5. The van der Waals surface area contributed by atoms with Gasteiger partial charge in [-0.05, 0) is 94.3 Å². The molecule has 1 aliphatic rings. The highest BCUT2D eigenvalue weighted by atomic mass is 35.5. The highest BCUT2D eigenvalue weighted by molar-refractivity contribution is 7.89. The topological polar surface area (TPSA) is 78.5 Å². The van der Waals surface area contributed by atoms with E-state index < -0.39 is 10.0 Å². The molecule has 1 aromatic carbocycles. The van der Waals surface area contributed by atoms with E-state index >= 15 is 0 Å². The Bertz CT molecular complexity index is 964. The number of rotatable bonds is 20. The molecule has 39 heavy (non-hydrogen) atoms. The average molecular weight is 603 g/mol. The monoisotopic (exact) mass is 601 g/mol. The van der Waals surface area contributed by atoms with Crippen molar-refractivity contribution in [1.29, 1.82) is 0 Å². The van der Waals surface area contributed by atoms with Gasteiger partial charge in [0.1, 0.15) is 0 Å². The van der Waals surface area contributed by atoms with E-state index in [-0.39, 0.29) is 11.7 Å². The molecular weight excluding hydrogens is 553 g/mol. The zero-order chi connectivity index (χ0) is 28.3. The van der Waals surface area contributed by atoms with Crippen LogP contribution in [0.1, 0.15) is 96.0 Å². The van der Waals surface area contributed by atoms with Crippen LogP contribution in [0.25, 0.3) is 6.08 Å². The second kappa shape index (κ2) is 19.9. The van der Waals surface area contributed by atoms with Gasteiger partial charge in [-0.15, -0.1) is 0 Å². The normalized spacial score (nSPS) is 15.3. The zero-order valence-electron chi connectivity index (χ0n) is 23.7. The van der Waals surface area contributed by atoms with Crippen molar-refractivity contribution in [3.8, 4) is 0 Å². The molecule has 1 amide bonds. The average Bonchev–Trinajstić information content (AvgIpc) is 2.92.